The van der Waals surface area contributed by atoms with Gasteiger partial charge in [0.1, 0.15) is 6.04 Å². The predicted octanol–water partition coefficient (Wildman–Crippen LogP) is 2.06. The zero-order valence-electron chi connectivity index (χ0n) is 12.7. The third-order valence-electron chi connectivity index (χ3n) is 3.15. The molecule has 0 aromatic heterocycles. The van der Waals surface area contributed by atoms with E-state index < -0.39 is 12.0 Å². The van der Waals surface area contributed by atoms with E-state index in [1.807, 2.05) is 0 Å². The number of hydrogen-bond donors (Lipinski definition) is 3. The third-order valence-corrected chi connectivity index (χ3v) is 3.55. The highest BCUT2D eigenvalue weighted by atomic mass is 35.5. The maximum absolute atomic E-state index is 12.0. The number of nitrogens with one attached hydrogen (secondary N) is 2. The van der Waals surface area contributed by atoms with Crippen LogP contribution in [0.3, 0.4) is 0 Å². The molecule has 0 fully saturated rings. The van der Waals surface area contributed by atoms with Gasteiger partial charge in [0.2, 0.25) is 5.91 Å². The van der Waals surface area contributed by atoms with Gasteiger partial charge in [0, 0.05) is 24.4 Å². The van der Waals surface area contributed by atoms with E-state index in [2.05, 4.69) is 10.6 Å². The van der Waals surface area contributed by atoms with Crippen molar-refractivity contribution in [3.05, 3.63) is 28.8 Å². The number of carboxylic acid groups (broad SMARTS) is 1. The molecular weight excluding hydrogens is 308 g/mol. The lowest BCUT2D eigenvalue weighted by Crippen LogP contribution is -2.40. The minimum atomic E-state index is -1.06. The van der Waals surface area contributed by atoms with Crippen LogP contribution in [0.15, 0.2) is 18.2 Å². The Morgan fingerprint density at radius 2 is 2.14 bits per heavy atom. The smallest absolute Gasteiger partial charge is 0.321 e. The number of ether oxygens (including phenoxy) is 1. The van der Waals surface area contributed by atoms with Gasteiger partial charge in [-0.15, -0.1) is 0 Å². The molecular formula is C15H21ClN2O4. The van der Waals surface area contributed by atoms with Crippen molar-refractivity contribution in [2.24, 2.45) is 0 Å². The van der Waals surface area contributed by atoms with E-state index in [-0.39, 0.29) is 12.3 Å². The minimum absolute atomic E-state index is 0.158. The summed E-state index contributed by atoms with van der Waals surface area (Å²) in [4.78, 5) is 23.2. The highest BCUT2D eigenvalue weighted by Gasteiger charge is 2.20. The third kappa shape index (κ3) is 6.01. The molecule has 0 saturated carbocycles. The molecule has 0 saturated heterocycles. The van der Waals surface area contributed by atoms with E-state index in [9.17, 15) is 9.59 Å². The molecule has 1 atom stereocenters. The van der Waals surface area contributed by atoms with Crippen molar-refractivity contribution < 1.29 is 19.4 Å². The fourth-order valence-corrected chi connectivity index (χ4v) is 2.04. The van der Waals surface area contributed by atoms with Crippen molar-refractivity contribution in [2.75, 3.05) is 25.6 Å². The fraction of sp³-hybridized carbons (Fsp3) is 0.467. The van der Waals surface area contributed by atoms with Gasteiger partial charge in [0.05, 0.1) is 6.42 Å². The highest BCUT2D eigenvalue weighted by molar-refractivity contribution is 6.31. The first-order valence-electron chi connectivity index (χ1n) is 6.95. The van der Waals surface area contributed by atoms with Crippen LogP contribution in [0, 0.1) is 6.92 Å². The van der Waals surface area contributed by atoms with Gasteiger partial charge in [-0.05, 0) is 37.6 Å². The van der Waals surface area contributed by atoms with Gasteiger partial charge in [0.25, 0.3) is 0 Å². The lowest BCUT2D eigenvalue weighted by molar-refractivity contribution is -0.141. The Morgan fingerprint density at radius 1 is 1.41 bits per heavy atom. The van der Waals surface area contributed by atoms with E-state index in [1.54, 1.807) is 32.2 Å². The zero-order chi connectivity index (χ0) is 16.5. The normalized spacial score (nSPS) is 12.0. The van der Waals surface area contributed by atoms with E-state index in [0.29, 0.717) is 30.3 Å². The number of carbonyl (C=O) groups excluding carboxylic acids is 1. The van der Waals surface area contributed by atoms with Crippen molar-refractivity contribution in [3.8, 4) is 0 Å². The number of anilines is 1. The molecule has 0 radical (unpaired) electrons. The van der Waals surface area contributed by atoms with Gasteiger partial charge in [-0.2, -0.15) is 0 Å². The van der Waals surface area contributed by atoms with Crippen LogP contribution in [0.2, 0.25) is 5.02 Å². The average molecular weight is 329 g/mol. The molecule has 3 N–H and O–H groups in total. The topological polar surface area (TPSA) is 87.7 Å². The van der Waals surface area contributed by atoms with Gasteiger partial charge < -0.3 is 20.5 Å². The monoisotopic (exact) mass is 328 g/mol. The Balaban J connectivity index is 2.56. The quantitative estimate of drug-likeness (QED) is 0.604. The number of halogens is 1. The molecule has 0 aliphatic rings. The summed E-state index contributed by atoms with van der Waals surface area (Å²) in [5, 5.41) is 15.2. The van der Waals surface area contributed by atoms with Crippen LogP contribution in [-0.2, 0) is 14.3 Å². The van der Waals surface area contributed by atoms with Crippen molar-refractivity contribution in [2.45, 2.75) is 25.8 Å². The van der Waals surface area contributed by atoms with Crippen LogP contribution >= 0.6 is 11.6 Å². The number of hydrogen-bond acceptors (Lipinski definition) is 4. The van der Waals surface area contributed by atoms with Crippen molar-refractivity contribution >= 4 is 29.2 Å². The first-order valence-corrected chi connectivity index (χ1v) is 7.33. The average Bonchev–Trinajstić information content (AvgIpc) is 2.47. The van der Waals surface area contributed by atoms with Crippen LogP contribution in [-0.4, -0.2) is 43.3 Å². The van der Waals surface area contributed by atoms with Crippen molar-refractivity contribution in [1.29, 1.82) is 0 Å². The van der Waals surface area contributed by atoms with Crippen molar-refractivity contribution in [3.63, 3.8) is 0 Å². The molecule has 0 spiro atoms. The SMILES string of the molecule is COCCCNC(CC(=O)Nc1cccc(Cl)c1C)C(=O)O. The summed E-state index contributed by atoms with van der Waals surface area (Å²) in [5.41, 5.74) is 1.33. The van der Waals surface area contributed by atoms with Crippen LogP contribution in [0.4, 0.5) is 5.69 Å². The van der Waals surface area contributed by atoms with Gasteiger partial charge in [-0.1, -0.05) is 17.7 Å². The van der Waals surface area contributed by atoms with E-state index >= 15 is 0 Å². The number of amides is 1. The zero-order valence-corrected chi connectivity index (χ0v) is 13.4. The van der Waals surface area contributed by atoms with Crippen LogP contribution in [0.25, 0.3) is 0 Å². The largest absolute Gasteiger partial charge is 0.480 e. The summed E-state index contributed by atoms with van der Waals surface area (Å²) >= 11 is 5.98. The molecule has 1 aromatic rings. The van der Waals surface area contributed by atoms with Gasteiger partial charge >= 0.3 is 5.97 Å². The van der Waals surface area contributed by atoms with E-state index in [1.165, 1.54) is 0 Å². The summed E-state index contributed by atoms with van der Waals surface area (Å²) in [6.45, 7) is 2.79. The molecule has 6 nitrogen and oxygen atoms in total. The van der Waals surface area contributed by atoms with Gasteiger partial charge in [-0.25, -0.2) is 0 Å². The van der Waals surface area contributed by atoms with Crippen LogP contribution in [0.1, 0.15) is 18.4 Å². The Kier molecular flexibility index (Phi) is 7.87. The molecule has 1 aromatic carbocycles. The van der Waals surface area contributed by atoms with Crippen LogP contribution < -0.4 is 10.6 Å². The molecule has 122 valence electrons. The predicted molar refractivity (Wildman–Crippen MR) is 85.4 cm³/mol. The minimum Gasteiger partial charge on any atom is -0.480 e. The second-order valence-corrected chi connectivity index (χ2v) is 5.26. The number of rotatable bonds is 9. The number of carboxylic acids is 1. The molecule has 0 heterocycles. The lowest BCUT2D eigenvalue weighted by Gasteiger charge is -2.15. The molecule has 0 aliphatic heterocycles. The first kappa shape index (κ1) is 18.4. The summed E-state index contributed by atoms with van der Waals surface area (Å²) in [6, 6.07) is 4.24. The highest BCUT2D eigenvalue weighted by Crippen LogP contribution is 2.23. The Labute approximate surface area is 134 Å². The molecule has 0 bridgehead atoms. The first-order chi connectivity index (χ1) is 10.5. The second-order valence-electron chi connectivity index (χ2n) is 4.86. The Hall–Kier alpha value is -1.63. The van der Waals surface area contributed by atoms with Gasteiger partial charge in [-0.3, -0.25) is 9.59 Å². The van der Waals surface area contributed by atoms with E-state index in [0.717, 1.165) is 5.56 Å². The van der Waals surface area contributed by atoms with Gasteiger partial charge in [0.15, 0.2) is 0 Å². The Morgan fingerprint density at radius 3 is 2.77 bits per heavy atom. The molecule has 0 aliphatic carbocycles. The molecule has 1 unspecified atom stereocenters. The number of aliphatic carboxylic acids is 1. The maximum atomic E-state index is 12.0. The lowest BCUT2D eigenvalue weighted by atomic mass is 10.1. The molecule has 22 heavy (non-hydrogen) atoms. The summed E-state index contributed by atoms with van der Waals surface area (Å²) in [6.07, 6.45) is 0.517. The maximum Gasteiger partial charge on any atom is 0.321 e. The molecule has 1 amide bonds. The summed E-state index contributed by atoms with van der Waals surface area (Å²) in [5.74, 6) is -1.44. The fourth-order valence-electron chi connectivity index (χ4n) is 1.87. The molecule has 1 rings (SSSR count). The molecule has 7 heteroatoms. The van der Waals surface area contributed by atoms with Crippen molar-refractivity contribution in [1.82, 2.24) is 5.32 Å². The number of carbonyl (C=O) groups is 2. The number of benzene rings is 1. The standard InChI is InChI=1S/C15H21ClN2O4/c1-10-11(16)5-3-6-12(10)18-14(19)9-13(15(20)21)17-7-4-8-22-2/h3,5-6,13,17H,4,7-9H2,1-2H3,(H,18,19)(H,20,21). The number of methoxy groups -OCH3 is 1. The summed E-state index contributed by atoms with van der Waals surface area (Å²) in [7, 11) is 1.58. The van der Waals surface area contributed by atoms with Crippen LogP contribution in [0.5, 0.6) is 0 Å². The second kappa shape index (κ2) is 9.40. The van der Waals surface area contributed by atoms with E-state index in [4.69, 9.17) is 21.4 Å². The summed E-state index contributed by atoms with van der Waals surface area (Å²) < 4.78 is 4.89. The Bertz CT molecular complexity index is 522.